The van der Waals surface area contributed by atoms with Crippen LogP contribution in [0.25, 0.3) is 22.0 Å². The zero-order valence-corrected chi connectivity index (χ0v) is 19.5. The van der Waals surface area contributed by atoms with E-state index in [9.17, 15) is 4.79 Å². The highest BCUT2D eigenvalue weighted by Gasteiger charge is 2.44. The number of hydrogen-bond donors (Lipinski definition) is 3. The monoisotopic (exact) mass is 472 g/mol. The molecule has 5 rings (SSSR count). The molecule has 0 spiro atoms. The number of ether oxygens (including phenoxy) is 1. The molecule has 4 aromatic rings. The fourth-order valence-electron chi connectivity index (χ4n) is 4.22. The summed E-state index contributed by atoms with van der Waals surface area (Å²) in [4.78, 5) is 26.0. The van der Waals surface area contributed by atoms with Crippen LogP contribution < -0.4 is 16.8 Å². The van der Waals surface area contributed by atoms with E-state index >= 15 is 0 Å². The van der Waals surface area contributed by atoms with Crippen molar-refractivity contribution in [2.24, 2.45) is 11.7 Å². The van der Waals surface area contributed by atoms with Crippen molar-refractivity contribution < 1.29 is 9.53 Å². The summed E-state index contributed by atoms with van der Waals surface area (Å²) in [6.45, 7) is 4.26. The van der Waals surface area contributed by atoms with Gasteiger partial charge in [-0.05, 0) is 54.0 Å². The molecule has 1 saturated carbocycles. The molecule has 0 aromatic carbocycles. The summed E-state index contributed by atoms with van der Waals surface area (Å²) in [6, 6.07) is 5.71. The van der Waals surface area contributed by atoms with Gasteiger partial charge in [0.2, 0.25) is 5.91 Å². The van der Waals surface area contributed by atoms with Gasteiger partial charge in [-0.3, -0.25) is 14.5 Å². The van der Waals surface area contributed by atoms with Crippen LogP contribution >= 0.6 is 0 Å². The van der Waals surface area contributed by atoms with E-state index in [1.54, 1.807) is 18.6 Å². The molecule has 0 aliphatic heterocycles. The molecule has 1 aliphatic carbocycles. The van der Waals surface area contributed by atoms with Crippen LogP contribution in [0.5, 0.6) is 0 Å². The van der Waals surface area contributed by atoms with Crippen LogP contribution in [0.3, 0.4) is 0 Å². The molecule has 0 bridgehead atoms. The number of nitrogens with zero attached hydrogens (tertiary/aromatic N) is 5. The van der Waals surface area contributed by atoms with Crippen molar-refractivity contribution in [3.8, 4) is 11.3 Å². The van der Waals surface area contributed by atoms with Gasteiger partial charge in [-0.25, -0.2) is 9.97 Å². The molecule has 4 heterocycles. The topological polar surface area (TPSA) is 147 Å². The van der Waals surface area contributed by atoms with Crippen molar-refractivity contribution >= 4 is 28.3 Å². The minimum Gasteiger partial charge on any atom is -0.383 e. The second-order valence-electron chi connectivity index (χ2n) is 8.75. The number of nitrogens with two attached hydrogens (primary N) is 2. The fourth-order valence-corrected chi connectivity index (χ4v) is 4.22. The third kappa shape index (κ3) is 4.98. The Morgan fingerprint density at radius 3 is 2.97 bits per heavy atom. The first-order valence-corrected chi connectivity index (χ1v) is 11.6. The first-order valence-electron chi connectivity index (χ1n) is 11.6. The number of nitrogen functional groups attached to an aromatic ring is 1. The normalized spacial score (nSPS) is 17.0. The standard InChI is InChI=1S/C25H28N8O2/c1-15-2-4-28-12-20(15)22-8-16-9-23(29-13-21(16)24(27)31-22)32-25(34)19-10-18(19)17-11-30-33(14-17)5-7-35-6-3-26/h2,4,8-9,11-14,18-19H,3,5-7,10,26H2,1H3,(H2,27,31)(H,29,32,34). The molecule has 180 valence electrons. The molecule has 1 aliphatic rings. The second-order valence-corrected chi connectivity index (χ2v) is 8.75. The Balaban J connectivity index is 1.26. The molecule has 5 N–H and O–H groups in total. The summed E-state index contributed by atoms with van der Waals surface area (Å²) in [6.07, 6.45) is 9.76. The quantitative estimate of drug-likeness (QED) is 0.315. The summed E-state index contributed by atoms with van der Waals surface area (Å²) < 4.78 is 7.24. The zero-order valence-electron chi connectivity index (χ0n) is 19.5. The van der Waals surface area contributed by atoms with E-state index in [-0.39, 0.29) is 17.7 Å². The van der Waals surface area contributed by atoms with Gasteiger partial charge < -0.3 is 21.5 Å². The summed E-state index contributed by atoms with van der Waals surface area (Å²) in [5.74, 6) is 0.884. The van der Waals surface area contributed by atoms with E-state index in [4.69, 9.17) is 16.2 Å². The third-order valence-electron chi connectivity index (χ3n) is 6.25. The van der Waals surface area contributed by atoms with Gasteiger partial charge in [0.15, 0.2) is 0 Å². The molecule has 10 nitrogen and oxygen atoms in total. The highest BCUT2D eigenvalue weighted by Crippen LogP contribution is 2.47. The largest absolute Gasteiger partial charge is 0.383 e. The first-order chi connectivity index (χ1) is 17.0. The maximum Gasteiger partial charge on any atom is 0.229 e. The number of rotatable bonds is 9. The van der Waals surface area contributed by atoms with Gasteiger partial charge in [0.1, 0.15) is 11.6 Å². The Labute approximate surface area is 202 Å². The van der Waals surface area contributed by atoms with Crippen molar-refractivity contribution in [1.29, 1.82) is 0 Å². The SMILES string of the molecule is Cc1ccncc1-c1cc2cc(NC(=O)C3CC3c3cnn(CCOCCN)c3)ncc2c(N)n1. The second kappa shape index (κ2) is 9.77. The highest BCUT2D eigenvalue weighted by atomic mass is 16.5. The average molecular weight is 473 g/mol. The van der Waals surface area contributed by atoms with Crippen LogP contribution in [0.1, 0.15) is 23.5 Å². The number of amides is 1. The van der Waals surface area contributed by atoms with Crippen molar-refractivity contribution in [3.63, 3.8) is 0 Å². The molecule has 10 heteroatoms. The summed E-state index contributed by atoms with van der Waals surface area (Å²) >= 11 is 0. The van der Waals surface area contributed by atoms with Gasteiger partial charge in [0.25, 0.3) is 0 Å². The molecule has 4 aromatic heterocycles. The molecule has 1 amide bonds. The van der Waals surface area contributed by atoms with Gasteiger partial charge >= 0.3 is 0 Å². The lowest BCUT2D eigenvalue weighted by atomic mass is 10.1. The van der Waals surface area contributed by atoms with E-state index in [2.05, 4.69) is 25.4 Å². The maximum absolute atomic E-state index is 12.9. The molecule has 1 fully saturated rings. The Bertz CT molecular complexity index is 1370. The predicted molar refractivity (Wildman–Crippen MR) is 133 cm³/mol. The lowest BCUT2D eigenvalue weighted by molar-refractivity contribution is -0.117. The molecule has 35 heavy (non-hydrogen) atoms. The Morgan fingerprint density at radius 1 is 1.26 bits per heavy atom. The Morgan fingerprint density at radius 2 is 2.14 bits per heavy atom. The minimum absolute atomic E-state index is 0.0498. The van der Waals surface area contributed by atoms with Crippen LogP contribution in [-0.2, 0) is 16.1 Å². The number of carbonyl (C=O) groups is 1. The summed E-state index contributed by atoms with van der Waals surface area (Å²) in [7, 11) is 0. The zero-order chi connectivity index (χ0) is 24.4. The number of aryl methyl sites for hydroxylation is 1. The van der Waals surface area contributed by atoms with Crippen LogP contribution in [0.2, 0.25) is 0 Å². The Hall–Kier alpha value is -3.89. The predicted octanol–water partition coefficient (Wildman–Crippen LogP) is 2.50. The van der Waals surface area contributed by atoms with E-state index in [0.717, 1.165) is 39.6 Å². The van der Waals surface area contributed by atoms with E-state index in [1.807, 2.05) is 42.2 Å². The number of aromatic nitrogens is 5. The van der Waals surface area contributed by atoms with Gasteiger partial charge in [-0.15, -0.1) is 0 Å². The molecule has 0 saturated heterocycles. The van der Waals surface area contributed by atoms with Crippen LogP contribution in [0, 0.1) is 12.8 Å². The van der Waals surface area contributed by atoms with Gasteiger partial charge in [-0.2, -0.15) is 5.10 Å². The van der Waals surface area contributed by atoms with E-state index in [1.165, 1.54) is 0 Å². The van der Waals surface area contributed by atoms with Crippen molar-refractivity contribution in [2.45, 2.75) is 25.8 Å². The Kier molecular flexibility index (Phi) is 6.39. The van der Waals surface area contributed by atoms with Crippen LogP contribution in [0.15, 0.2) is 49.2 Å². The number of nitrogens with one attached hydrogen (secondary N) is 1. The first kappa shape index (κ1) is 22.9. The van der Waals surface area contributed by atoms with Crippen molar-refractivity contribution in [2.75, 3.05) is 30.8 Å². The van der Waals surface area contributed by atoms with Crippen molar-refractivity contribution in [1.82, 2.24) is 24.7 Å². The van der Waals surface area contributed by atoms with Crippen molar-refractivity contribution in [3.05, 3.63) is 60.3 Å². The summed E-state index contributed by atoms with van der Waals surface area (Å²) in [5, 5.41) is 8.92. The number of hydrogen-bond acceptors (Lipinski definition) is 8. The molecule has 0 radical (unpaired) electrons. The molecular weight excluding hydrogens is 444 g/mol. The lowest BCUT2D eigenvalue weighted by Gasteiger charge is -2.10. The minimum atomic E-state index is -0.102. The lowest BCUT2D eigenvalue weighted by Crippen LogP contribution is -2.15. The molecular formula is C25H28N8O2. The number of anilines is 2. The van der Waals surface area contributed by atoms with Gasteiger partial charge in [0.05, 0.1) is 31.6 Å². The summed E-state index contributed by atoms with van der Waals surface area (Å²) in [5.41, 5.74) is 15.4. The fraction of sp³-hybridized carbons (Fsp3) is 0.320. The highest BCUT2D eigenvalue weighted by molar-refractivity contribution is 5.98. The van der Waals surface area contributed by atoms with Gasteiger partial charge in [0, 0.05) is 48.2 Å². The average Bonchev–Trinajstić information content (AvgIpc) is 3.52. The van der Waals surface area contributed by atoms with Crippen LogP contribution in [0.4, 0.5) is 11.6 Å². The molecule has 2 unspecified atom stereocenters. The number of carbonyl (C=O) groups excluding carboxylic acids is 1. The van der Waals surface area contributed by atoms with Gasteiger partial charge in [-0.1, -0.05) is 0 Å². The van der Waals surface area contributed by atoms with E-state index in [0.29, 0.717) is 37.9 Å². The van der Waals surface area contributed by atoms with E-state index < -0.39 is 0 Å². The number of pyridine rings is 3. The maximum atomic E-state index is 12.9. The smallest absolute Gasteiger partial charge is 0.229 e. The molecule has 2 atom stereocenters. The van der Waals surface area contributed by atoms with Crippen LogP contribution in [-0.4, -0.2) is 50.4 Å². The number of fused-ring (bicyclic) bond motifs is 1. The third-order valence-corrected chi connectivity index (χ3v) is 6.25.